The minimum absolute atomic E-state index is 0.575. The van der Waals surface area contributed by atoms with Crippen molar-refractivity contribution in [2.24, 2.45) is 0 Å². The van der Waals surface area contributed by atoms with Gasteiger partial charge in [-0.25, -0.2) is 0 Å². The van der Waals surface area contributed by atoms with Crippen molar-refractivity contribution in [1.82, 2.24) is 10.3 Å². The molecule has 0 bridgehead atoms. The molecule has 1 atom stereocenters. The first kappa shape index (κ1) is 7.04. The number of pyridine rings is 1. The average molecular weight is 170 g/mol. The minimum Gasteiger partial charge on any atom is -0.307 e. The summed E-state index contributed by atoms with van der Waals surface area (Å²) in [5.74, 6) is 0. The van der Waals surface area contributed by atoms with E-state index in [9.17, 15) is 0 Å². The molecule has 1 aromatic heterocycles. The highest BCUT2D eigenvalue weighted by atomic mass is 15.1. The molecule has 2 nitrogen and oxygen atoms in total. The molecular formula is C11H10N2. The summed E-state index contributed by atoms with van der Waals surface area (Å²) in [6.45, 7) is 1.11. The summed E-state index contributed by atoms with van der Waals surface area (Å²) >= 11 is 0. The second kappa shape index (κ2) is 2.54. The molecule has 0 saturated carbocycles. The van der Waals surface area contributed by atoms with Gasteiger partial charge in [0.25, 0.3) is 0 Å². The van der Waals surface area contributed by atoms with Crippen molar-refractivity contribution in [2.75, 3.05) is 6.54 Å². The third-order valence-electron chi connectivity index (χ3n) is 2.44. The third kappa shape index (κ3) is 1.19. The van der Waals surface area contributed by atoms with Gasteiger partial charge in [-0.2, -0.15) is 0 Å². The highest BCUT2D eigenvalue weighted by Crippen LogP contribution is 2.24. The van der Waals surface area contributed by atoms with Crippen LogP contribution >= 0.6 is 0 Å². The van der Waals surface area contributed by atoms with Gasteiger partial charge in [-0.05, 0) is 17.7 Å². The largest absolute Gasteiger partial charge is 0.307 e. The maximum Gasteiger partial charge on any atom is 0.0705 e. The zero-order valence-electron chi connectivity index (χ0n) is 7.20. The van der Waals surface area contributed by atoms with Crippen molar-refractivity contribution in [2.45, 2.75) is 6.04 Å². The molecule has 2 heteroatoms. The van der Waals surface area contributed by atoms with Crippen LogP contribution in [-0.2, 0) is 0 Å². The lowest BCUT2D eigenvalue weighted by molar-refractivity contribution is 1.08. The molecule has 64 valence electrons. The van der Waals surface area contributed by atoms with Gasteiger partial charge in [0.15, 0.2) is 0 Å². The smallest absolute Gasteiger partial charge is 0.0705 e. The van der Waals surface area contributed by atoms with Gasteiger partial charge >= 0.3 is 0 Å². The molecule has 1 N–H and O–H groups in total. The first-order valence-corrected chi connectivity index (χ1v) is 4.51. The van der Waals surface area contributed by atoms with E-state index in [0.29, 0.717) is 6.04 Å². The van der Waals surface area contributed by atoms with Crippen molar-refractivity contribution >= 4 is 10.9 Å². The van der Waals surface area contributed by atoms with Crippen LogP contribution in [-0.4, -0.2) is 11.5 Å². The van der Waals surface area contributed by atoms with Crippen LogP contribution in [0.15, 0.2) is 36.5 Å². The minimum atomic E-state index is 0.575. The van der Waals surface area contributed by atoms with Crippen LogP contribution in [0.5, 0.6) is 0 Å². The number of fused-ring (bicyclic) bond motifs is 1. The Bertz CT molecular complexity index is 447. The first-order valence-electron chi connectivity index (χ1n) is 4.51. The zero-order chi connectivity index (χ0) is 8.67. The lowest BCUT2D eigenvalue weighted by Gasteiger charge is -1.99. The summed E-state index contributed by atoms with van der Waals surface area (Å²) in [6.07, 6.45) is 1.84. The lowest BCUT2D eigenvalue weighted by Crippen LogP contribution is -1.85. The Balaban J connectivity index is 2.21. The molecule has 3 rings (SSSR count). The predicted molar refractivity (Wildman–Crippen MR) is 52.5 cm³/mol. The lowest BCUT2D eigenvalue weighted by atomic mass is 10.1. The highest BCUT2D eigenvalue weighted by molar-refractivity contribution is 5.79. The van der Waals surface area contributed by atoms with Gasteiger partial charge in [-0.15, -0.1) is 0 Å². The van der Waals surface area contributed by atoms with E-state index in [2.05, 4.69) is 34.6 Å². The molecule has 0 aliphatic carbocycles. The quantitative estimate of drug-likeness (QED) is 0.663. The van der Waals surface area contributed by atoms with E-state index in [4.69, 9.17) is 0 Å². The molecule has 1 aromatic carbocycles. The molecule has 1 fully saturated rings. The van der Waals surface area contributed by atoms with Crippen molar-refractivity contribution < 1.29 is 0 Å². The topological polar surface area (TPSA) is 34.8 Å². The molecule has 13 heavy (non-hydrogen) atoms. The molecule has 2 aromatic rings. The molecule has 1 saturated heterocycles. The average Bonchev–Trinajstić information content (AvgIpc) is 3.00. The van der Waals surface area contributed by atoms with Crippen LogP contribution in [0.4, 0.5) is 0 Å². The fraction of sp³-hybridized carbons (Fsp3) is 0.182. The molecule has 0 spiro atoms. The van der Waals surface area contributed by atoms with E-state index < -0.39 is 0 Å². The number of benzene rings is 1. The number of aromatic nitrogens is 1. The van der Waals surface area contributed by atoms with Crippen molar-refractivity contribution in [1.29, 1.82) is 0 Å². The Labute approximate surface area is 76.6 Å². The Kier molecular flexibility index (Phi) is 1.37. The maximum atomic E-state index is 4.32. The van der Waals surface area contributed by atoms with E-state index in [-0.39, 0.29) is 0 Å². The number of nitrogens with zero attached hydrogens (tertiary/aromatic N) is 1. The molecule has 1 unspecified atom stereocenters. The monoisotopic (exact) mass is 170 g/mol. The number of nitrogens with one attached hydrogen (secondary N) is 1. The predicted octanol–water partition coefficient (Wildman–Crippen LogP) is 1.88. The van der Waals surface area contributed by atoms with Crippen molar-refractivity contribution in [3.8, 4) is 0 Å². The van der Waals surface area contributed by atoms with Crippen LogP contribution in [0.2, 0.25) is 0 Å². The molecule has 0 amide bonds. The van der Waals surface area contributed by atoms with Crippen LogP contribution in [0.25, 0.3) is 10.9 Å². The zero-order valence-corrected chi connectivity index (χ0v) is 7.20. The van der Waals surface area contributed by atoms with Crippen LogP contribution in [0.1, 0.15) is 11.6 Å². The van der Waals surface area contributed by atoms with Gasteiger partial charge < -0.3 is 5.32 Å². The van der Waals surface area contributed by atoms with E-state index in [1.807, 2.05) is 12.3 Å². The van der Waals surface area contributed by atoms with E-state index in [1.54, 1.807) is 0 Å². The van der Waals surface area contributed by atoms with E-state index >= 15 is 0 Å². The summed E-state index contributed by atoms with van der Waals surface area (Å²) in [5, 5.41) is 4.50. The number of hydrogen-bond donors (Lipinski definition) is 1. The van der Waals surface area contributed by atoms with Gasteiger partial charge in [0.05, 0.1) is 5.52 Å². The van der Waals surface area contributed by atoms with Gasteiger partial charge in [-0.3, -0.25) is 4.98 Å². The second-order valence-corrected chi connectivity index (χ2v) is 3.42. The highest BCUT2D eigenvalue weighted by Gasteiger charge is 2.21. The SMILES string of the molecule is c1cnc2cc(C3CN3)ccc2c1. The van der Waals surface area contributed by atoms with Gasteiger partial charge in [-0.1, -0.05) is 18.2 Å². The van der Waals surface area contributed by atoms with E-state index in [0.717, 1.165) is 12.1 Å². The normalized spacial score (nSPS) is 20.5. The Morgan fingerprint density at radius 2 is 2.23 bits per heavy atom. The molecular weight excluding hydrogens is 160 g/mol. The number of rotatable bonds is 1. The molecule has 2 heterocycles. The number of hydrogen-bond acceptors (Lipinski definition) is 2. The van der Waals surface area contributed by atoms with Crippen molar-refractivity contribution in [3.05, 3.63) is 42.1 Å². The standard InChI is InChI=1S/C11H10N2/c1-2-8-3-4-9(11-7-13-11)6-10(8)12-5-1/h1-6,11,13H,7H2. The molecule has 1 aliphatic rings. The van der Waals surface area contributed by atoms with Gasteiger partial charge in [0, 0.05) is 24.2 Å². The molecule has 1 aliphatic heterocycles. The van der Waals surface area contributed by atoms with Gasteiger partial charge in [0.2, 0.25) is 0 Å². The maximum absolute atomic E-state index is 4.32. The van der Waals surface area contributed by atoms with Gasteiger partial charge in [0.1, 0.15) is 0 Å². The van der Waals surface area contributed by atoms with Crippen molar-refractivity contribution in [3.63, 3.8) is 0 Å². The fourth-order valence-electron chi connectivity index (χ4n) is 1.59. The fourth-order valence-corrected chi connectivity index (χ4v) is 1.59. The summed E-state index contributed by atoms with van der Waals surface area (Å²) in [4.78, 5) is 4.32. The summed E-state index contributed by atoms with van der Waals surface area (Å²) in [7, 11) is 0. The Morgan fingerprint density at radius 3 is 3.08 bits per heavy atom. The third-order valence-corrected chi connectivity index (χ3v) is 2.44. The second-order valence-electron chi connectivity index (χ2n) is 3.42. The summed E-state index contributed by atoms with van der Waals surface area (Å²) in [6, 6.07) is 11.1. The summed E-state index contributed by atoms with van der Waals surface area (Å²) < 4.78 is 0. The van der Waals surface area contributed by atoms with Crippen LogP contribution in [0.3, 0.4) is 0 Å². The summed E-state index contributed by atoms with van der Waals surface area (Å²) in [5.41, 5.74) is 2.44. The first-order chi connectivity index (χ1) is 6.43. The van der Waals surface area contributed by atoms with Crippen LogP contribution in [0, 0.1) is 0 Å². The Hall–Kier alpha value is -1.41. The van der Waals surface area contributed by atoms with Crippen LogP contribution < -0.4 is 5.32 Å². The molecule has 0 radical (unpaired) electrons. The van der Waals surface area contributed by atoms with E-state index in [1.165, 1.54) is 10.9 Å². The Morgan fingerprint density at radius 1 is 1.31 bits per heavy atom.